The Kier molecular flexibility index (Phi) is 4.10. The van der Waals surface area contributed by atoms with E-state index in [-0.39, 0.29) is 12.8 Å². The van der Waals surface area contributed by atoms with Gasteiger partial charge in [-0.2, -0.15) is 13.2 Å². The van der Waals surface area contributed by atoms with Gasteiger partial charge in [0.1, 0.15) is 5.71 Å². The minimum absolute atomic E-state index is 0.118. The predicted molar refractivity (Wildman–Crippen MR) is 76.0 cm³/mol. The zero-order valence-electron chi connectivity index (χ0n) is 12.6. The number of hydrogen-bond acceptors (Lipinski definition) is 3. The highest BCUT2D eigenvalue weighted by Gasteiger charge is 2.52. The average Bonchev–Trinajstić information content (AvgIpc) is 2.45. The second-order valence-corrected chi connectivity index (χ2v) is 6.23. The quantitative estimate of drug-likeness (QED) is 0.689. The Morgan fingerprint density at radius 1 is 1.14 bits per heavy atom. The molecule has 0 aromatic carbocycles. The number of hydrogen-bond donors (Lipinski definition) is 0. The fraction of sp³-hybridized carbons (Fsp3) is 0.643. The van der Waals surface area contributed by atoms with Crippen molar-refractivity contribution in [2.24, 2.45) is 4.99 Å². The highest BCUT2D eigenvalue weighted by molar-refractivity contribution is 6.55. The van der Waals surface area contributed by atoms with Gasteiger partial charge >= 0.3 is 13.3 Å². The van der Waals surface area contributed by atoms with Gasteiger partial charge in [0, 0.05) is 11.7 Å². The van der Waals surface area contributed by atoms with Crippen LogP contribution >= 0.6 is 0 Å². The van der Waals surface area contributed by atoms with E-state index in [4.69, 9.17) is 9.31 Å². The normalized spacial score (nSPS) is 31.7. The van der Waals surface area contributed by atoms with Crippen molar-refractivity contribution < 1.29 is 22.5 Å². The van der Waals surface area contributed by atoms with Gasteiger partial charge in [0.05, 0.1) is 11.2 Å². The Balaban J connectivity index is 2.27. The molecule has 0 aliphatic carbocycles. The summed E-state index contributed by atoms with van der Waals surface area (Å²) >= 11 is 0. The van der Waals surface area contributed by atoms with E-state index in [1.807, 2.05) is 27.7 Å². The first kappa shape index (κ1) is 16.3. The van der Waals surface area contributed by atoms with Crippen molar-refractivity contribution in [1.82, 2.24) is 0 Å². The van der Waals surface area contributed by atoms with Crippen LogP contribution in [0.3, 0.4) is 0 Å². The molecule has 1 saturated heterocycles. The minimum atomic E-state index is -4.40. The van der Waals surface area contributed by atoms with Gasteiger partial charge in [0.25, 0.3) is 0 Å². The maximum atomic E-state index is 12.8. The van der Waals surface area contributed by atoms with E-state index in [1.54, 1.807) is 12.2 Å². The Hall–Kier alpha value is -1.08. The zero-order chi connectivity index (χ0) is 15.9. The SMILES string of the molecule is CC1(C)OB(C2=C/N=C(/C(F)(F)F)CC/C=C\2)OC1(C)C. The van der Waals surface area contributed by atoms with Gasteiger partial charge in [-0.1, -0.05) is 12.2 Å². The summed E-state index contributed by atoms with van der Waals surface area (Å²) in [6.07, 6.45) is 0.377. The van der Waals surface area contributed by atoms with Gasteiger partial charge in [0.15, 0.2) is 0 Å². The number of nitrogens with zero attached hydrogens (tertiary/aromatic N) is 1. The lowest BCUT2D eigenvalue weighted by molar-refractivity contribution is -0.0604. The summed E-state index contributed by atoms with van der Waals surface area (Å²) in [6, 6.07) is 0. The predicted octanol–water partition coefficient (Wildman–Crippen LogP) is 3.86. The summed E-state index contributed by atoms with van der Waals surface area (Å²) < 4.78 is 49.9. The van der Waals surface area contributed by atoms with Crippen LogP contribution < -0.4 is 0 Å². The van der Waals surface area contributed by atoms with Crippen molar-refractivity contribution in [3.8, 4) is 0 Å². The van der Waals surface area contributed by atoms with Gasteiger partial charge < -0.3 is 9.31 Å². The van der Waals surface area contributed by atoms with Crippen molar-refractivity contribution >= 4 is 12.8 Å². The van der Waals surface area contributed by atoms with Crippen LogP contribution in [0.2, 0.25) is 0 Å². The first-order valence-corrected chi connectivity index (χ1v) is 6.89. The molecule has 2 aliphatic heterocycles. The molecule has 1 fully saturated rings. The van der Waals surface area contributed by atoms with E-state index >= 15 is 0 Å². The fourth-order valence-corrected chi connectivity index (χ4v) is 2.03. The fourth-order valence-electron chi connectivity index (χ4n) is 2.03. The molecule has 2 heterocycles. The second-order valence-electron chi connectivity index (χ2n) is 6.23. The van der Waals surface area contributed by atoms with E-state index in [9.17, 15) is 13.2 Å². The molecule has 0 spiro atoms. The lowest BCUT2D eigenvalue weighted by Crippen LogP contribution is -2.41. The molecular formula is C14H19BF3NO2. The molecule has 0 unspecified atom stereocenters. The van der Waals surface area contributed by atoms with Gasteiger partial charge in [-0.05, 0) is 40.5 Å². The molecule has 2 aliphatic rings. The maximum absolute atomic E-state index is 12.8. The summed E-state index contributed by atoms with van der Waals surface area (Å²) in [5, 5.41) is 0. The molecule has 0 bridgehead atoms. The van der Waals surface area contributed by atoms with Crippen molar-refractivity contribution in [3.05, 3.63) is 23.8 Å². The molecule has 2 rings (SSSR count). The Bertz CT molecular complexity index is 491. The number of rotatable bonds is 1. The van der Waals surface area contributed by atoms with Crippen molar-refractivity contribution in [3.63, 3.8) is 0 Å². The summed E-state index contributed by atoms with van der Waals surface area (Å²) in [6.45, 7) is 7.57. The molecule has 0 aromatic heterocycles. The number of aliphatic imine (C=N–C) groups is 1. The van der Waals surface area contributed by atoms with Crippen LogP contribution in [0.4, 0.5) is 13.2 Å². The third-order valence-electron chi connectivity index (χ3n) is 4.08. The standard InChI is InChI=1S/C14H19BF3NO2/c1-12(2)13(3,4)21-15(20-12)10-7-5-6-8-11(19-9-10)14(16,17)18/h5,7,9H,6,8H2,1-4H3/b7-5-,10-9+,19-11+. The monoisotopic (exact) mass is 301 g/mol. The molecule has 0 aromatic rings. The third kappa shape index (κ3) is 3.40. The van der Waals surface area contributed by atoms with Crippen LogP contribution in [0.1, 0.15) is 40.5 Å². The smallest absolute Gasteiger partial charge is 0.399 e. The van der Waals surface area contributed by atoms with Crippen LogP contribution in [0.15, 0.2) is 28.8 Å². The first-order chi connectivity index (χ1) is 9.53. The summed E-state index contributed by atoms with van der Waals surface area (Å²) in [7, 11) is -0.706. The van der Waals surface area contributed by atoms with Crippen LogP contribution in [0.5, 0.6) is 0 Å². The molecule has 116 valence electrons. The van der Waals surface area contributed by atoms with Crippen molar-refractivity contribution in [1.29, 1.82) is 0 Å². The lowest BCUT2D eigenvalue weighted by Gasteiger charge is -2.32. The average molecular weight is 301 g/mol. The van der Waals surface area contributed by atoms with Crippen LogP contribution in [0.25, 0.3) is 0 Å². The largest absolute Gasteiger partial charge is 0.496 e. The van der Waals surface area contributed by atoms with E-state index < -0.39 is 30.2 Å². The van der Waals surface area contributed by atoms with E-state index in [1.165, 1.54) is 6.20 Å². The molecule has 0 saturated carbocycles. The van der Waals surface area contributed by atoms with E-state index in [2.05, 4.69) is 4.99 Å². The Morgan fingerprint density at radius 2 is 1.71 bits per heavy atom. The van der Waals surface area contributed by atoms with Crippen LogP contribution in [-0.4, -0.2) is 30.2 Å². The maximum Gasteiger partial charge on any atom is 0.496 e. The molecule has 0 atom stereocenters. The summed E-state index contributed by atoms with van der Waals surface area (Å²) in [5.41, 5.74) is -1.35. The van der Waals surface area contributed by atoms with E-state index in [0.717, 1.165) is 0 Å². The van der Waals surface area contributed by atoms with Gasteiger partial charge in [-0.15, -0.1) is 0 Å². The number of halogens is 3. The summed E-state index contributed by atoms with van der Waals surface area (Å²) in [4.78, 5) is 3.59. The second kappa shape index (κ2) is 5.28. The van der Waals surface area contributed by atoms with Gasteiger partial charge in [-0.25, -0.2) is 0 Å². The van der Waals surface area contributed by atoms with Crippen molar-refractivity contribution in [2.75, 3.05) is 0 Å². The van der Waals surface area contributed by atoms with Gasteiger partial charge in [-0.3, -0.25) is 4.99 Å². The number of allylic oxidation sites excluding steroid dienone is 3. The number of alkyl halides is 3. The molecular weight excluding hydrogens is 282 g/mol. The first-order valence-electron chi connectivity index (χ1n) is 6.89. The van der Waals surface area contributed by atoms with Crippen LogP contribution in [0, 0.1) is 0 Å². The highest BCUT2D eigenvalue weighted by Crippen LogP contribution is 2.39. The molecule has 0 radical (unpaired) electrons. The molecule has 3 nitrogen and oxygen atoms in total. The zero-order valence-corrected chi connectivity index (χ0v) is 12.6. The molecule has 21 heavy (non-hydrogen) atoms. The summed E-state index contributed by atoms with van der Waals surface area (Å²) in [5.74, 6) is 0. The molecule has 0 N–H and O–H groups in total. The van der Waals surface area contributed by atoms with Crippen molar-refractivity contribution in [2.45, 2.75) is 57.9 Å². The third-order valence-corrected chi connectivity index (χ3v) is 4.08. The molecule has 7 heteroatoms. The minimum Gasteiger partial charge on any atom is -0.399 e. The Morgan fingerprint density at radius 3 is 2.24 bits per heavy atom. The Labute approximate surface area is 123 Å². The highest BCUT2D eigenvalue weighted by atomic mass is 19.4. The topological polar surface area (TPSA) is 30.8 Å². The molecule has 0 amide bonds. The van der Waals surface area contributed by atoms with Gasteiger partial charge in [0.2, 0.25) is 0 Å². The lowest BCUT2D eigenvalue weighted by atomic mass is 9.78. The van der Waals surface area contributed by atoms with E-state index in [0.29, 0.717) is 5.47 Å². The van der Waals surface area contributed by atoms with Crippen LogP contribution in [-0.2, 0) is 9.31 Å².